The van der Waals surface area contributed by atoms with Crippen LogP contribution in [0.2, 0.25) is 0 Å². The highest BCUT2D eigenvalue weighted by atomic mass is 19.1. The SMILES string of the molecule is COc1cc(F)c(C(=O)[N+](=O)c2ccncc2)cc1C1CCCC1. The molecule has 0 spiro atoms. The molecule has 1 aromatic heterocycles. The molecule has 0 radical (unpaired) electrons. The van der Waals surface area contributed by atoms with Gasteiger partial charge in [-0.2, -0.15) is 0 Å². The number of benzene rings is 1. The summed E-state index contributed by atoms with van der Waals surface area (Å²) in [6.45, 7) is 0. The summed E-state index contributed by atoms with van der Waals surface area (Å²) in [5, 5.41) is 0. The van der Waals surface area contributed by atoms with Crippen LogP contribution in [0, 0.1) is 10.7 Å². The number of pyridine rings is 1. The van der Waals surface area contributed by atoms with Crippen molar-refractivity contribution in [3.63, 3.8) is 0 Å². The van der Waals surface area contributed by atoms with Gasteiger partial charge in [-0.15, -0.1) is 0 Å². The van der Waals surface area contributed by atoms with E-state index in [1.54, 1.807) is 0 Å². The number of aromatic nitrogens is 1. The fourth-order valence-electron chi connectivity index (χ4n) is 3.17. The minimum Gasteiger partial charge on any atom is -0.496 e. The van der Waals surface area contributed by atoms with Crippen LogP contribution < -0.4 is 4.74 Å². The third kappa shape index (κ3) is 3.04. The molecule has 2 aromatic rings. The molecule has 0 aliphatic heterocycles. The van der Waals surface area contributed by atoms with Gasteiger partial charge in [-0.25, -0.2) is 9.18 Å². The predicted molar refractivity (Wildman–Crippen MR) is 86.0 cm³/mol. The van der Waals surface area contributed by atoms with E-state index in [0.29, 0.717) is 5.75 Å². The molecule has 124 valence electrons. The van der Waals surface area contributed by atoms with E-state index in [-0.39, 0.29) is 21.9 Å². The molecule has 1 aliphatic rings. The van der Waals surface area contributed by atoms with Crippen LogP contribution in [0.25, 0.3) is 0 Å². The summed E-state index contributed by atoms with van der Waals surface area (Å²) in [6.07, 6.45) is 6.95. The van der Waals surface area contributed by atoms with Crippen LogP contribution in [0.15, 0.2) is 36.7 Å². The zero-order valence-electron chi connectivity index (χ0n) is 13.4. The van der Waals surface area contributed by atoms with Crippen LogP contribution in [-0.4, -0.2) is 22.8 Å². The summed E-state index contributed by atoms with van der Waals surface area (Å²) in [5.74, 6) is -1.03. The number of nitrogens with zero attached hydrogens (tertiary/aromatic N) is 2. The van der Waals surface area contributed by atoms with Crippen molar-refractivity contribution in [2.24, 2.45) is 0 Å². The Hall–Kier alpha value is -2.63. The lowest BCUT2D eigenvalue weighted by Crippen LogP contribution is -2.16. The highest BCUT2D eigenvalue weighted by Gasteiger charge is 2.33. The van der Waals surface area contributed by atoms with E-state index in [1.165, 1.54) is 43.8 Å². The Kier molecular flexibility index (Phi) is 4.64. The molecule has 0 N–H and O–H groups in total. The first-order chi connectivity index (χ1) is 11.6. The van der Waals surface area contributed by atoms with Crippen molar-refractivity contribution in [3.8, 4) is 5.75 Å². The number of methoxy groups -OCH3 is 1. The molecule has 6 heteroatoms. The molecule has 5 nitrogen and oxygen atoms in total. The maximum Gasteiger partial charge on any atom is 0.474 e. The van der Waals surface area contributed by atoms with Crippen molar-refractivity contribution in [2.45, 2.75) is 31.6 Å². The standard InChI is InChI=1S/C18H18FN2O3/c1-24-17-11-16(19)15(10-14(17)12-4-2-3-5-12)18(22)21(23)13-6-8-20-9-7-13/h6-12H,2-5H2,1H3/q+1. The highest BCUT2D eigenvalue weighted by Crippen LogP contribution is 2.40. The number of ether oxygens (including phenoxy) is 1. The molecule has 0 saturated heterocycles. The largest absolute Gasteiger partial charge is 0.496 e. The van der Waals surface area contributed by atoms with Crippen molar-refractivity contribution in [2.75, 3.05) is 7.11 Å². The molecule has 1 fully saturated rings. The van der Waals surface area contributed by atoms with Crippen LogP contribution >= 0.6 is 0 Å². The lowest BCUT2D eigenvalue weighted by Gasteiger charge is -2.15. The summed E-state index contributed by atoms with van der Waals surface area (Å²) in [4.78, 5) is 28.5. The molecule has 3 rings (SSSR count). The van der Waals surface area contributed by atoms with Gasteiger partial charge in [0.1, 0.15) is 21.9 Å². The van der Waals surface area contributed by atoms with Crippen molar-refractivity contribution in [1.82, 2.24) is 4.98 Å². The topological polar surface area (TPSA) is 59.3 Å². The third-order valence-electron chi connectivity index (χ3n) is 4.43. The quantitative estimate of drug-likeness (QED) is 0.791. The van der Waals surface area contributed by atoms with Crippen LogP contribution in [0.1, 0.15) is 47.5 Å². The summed E-state index contributed by atoms with van der Waals surface area (Å²) >= 11 is 0. The van der Waals surface area contributed by atoms with Crippen LogP contribution in [0.5, 0.6) is 5.75 Å². The summed E-state index contributed by atoms with van der Waals surface area (Å²) < 4.78 is 19.8. The maximum absolute atomic E-state index is 14.4. The first-order valence-corrected chi connectivity index (χ1v) is 7.91. The fourth-order valence-corrected chi connectivity index (χ4v) is 3.17. The number of hydrogen-bond acceptors (Lipinski definition) is 4. The van der Waals surface area contributed by atoms with E-state index < -0.39 is 11.7 Å². The van der Waals surface area contributed by atoms with Gasteiger partial charge in [-0.3, -0.25) is 4.98 Å². The zero-order chi connectivity index (χ0) is 17.1. The molecule has 0 bridgehead atoms. The summed E-state index contributed by atoms with van der Waals surface area (Å²) in [6, 6.07) is 5.48. The predicted octanol–water partition coefficient (Wildman–Crippen LogP) is 4.14. The lowest BCUT2D eigenvalue weighted by atomic mass is 9.94. The number of hydrogen-bond donors (Lipinski definition) is 0. The Balaban J connectivity index is 1.99. The number of rotatable bonds is 4. The van der Waals surface area contributed by atoms with Gasteiger partial charge in [0.2, 0.25) is 0 Å². The second-order valence-electron chi connectivity index (χ2n) is 5.86. The van der Waals surface area contributed by atoms with Gasteiger partial charge in [-0.05, 0) is 30.4 Å². The molecular formula is C18H18FN2O3+. The normalized spacial score (nSPS) is 14.6. The fraction of sp³-hybridized carbons (Fsp3) is 0.333. The second-order valence-corrected chi connectivity index (χ2v) is 5.86. The molecule has 1 aliphatic carbocycles. The average molecular weight is 329 g/mol. The Labute approximate surface area is 139 Å². The Morgan fingerprint density at radius 3 is 2.54 bits per heavy atom. The first kappa shape index (κ1) is 16.2. The van der Waals surface area contributed by atoms with E-state index in [2.05, 4.69) is 4.98 Å². The molecule has 1 aromatic carbocycles. The molecule has 0 atom stereocenters. The summed E-state index contributed by atoms with van der Waals surface area (Å²) in [7, 11) is 1.48. The lowest BCUT2D eigenvalue weighted by molar-refractivity contribution is -0.358. The second kappa shape index (κ2) is 6.86. The van der Waals surface area contributed by atoms with Gasteiger partial charge in [0, 0.05) is 35.5 Å². The van der Waals surface area contributed by atoms with Gasteiger partial charge in [0.15, 0.2) is 0 Å². The number of nitroso groups, excluding NO2 is 1. The molecular weight excluding hydrogens is 311 g/mol. The van der Waals surface area contributed by atoms with Gasteiger partial charge >= 0.3 is 5.91 Å². The minimum atomic E-state index is -0.930. The molecule has 1 saturated carbocycles. The van der Waals surface area contributed by atoms with E-state index >= 15 is 0 Å². The first-order valence-electron chi connectivity index (χ1n) is 7.91. The van der Waals surface area contributed by atoms with Crippen molar-refractivity contribution < 1.29 is 18.7 Å². The van der Waals surface area contributed by atoms with Gasteiger partial charge in [0.05, 0.1) is 7.11 Å². The van der Waals surface area contributed by atoms with Crippen molar-refractivity contribution in [1.29, 1.82) is 0 Å². The molecule has 0 unspecified atom stereocenters. The number of carbonyl (C=O) groups is 1. The smallest absolute Gasteiger partial charge is 0.474 e. The third-order valence-corrected chi connectivity index (χ3v) is 4.43. The Bertz CT molecular complexity index is 771. The zero-order valence-corrected chi connectivity index (χ0v) is 13.4. The monoisotopic (exact) mass is 329 g/mol. The Morgan fingerprint density at radius 2 is 1.92 bits per heavy atom. The Morgan fingerprint density at radius 1 is 1.25 bits per heavy atom. The van der Waals surface area contributed by atoms with Crippen molar-refractivity contribution in [3.05, 3.63) is 58.5 Å². The molecule has 1 amide bonds. The van der Waals surface area contributed by atoms with Gasteiger partial charge < -0.3 is 4.74 Å². The van der Waals surface area contributed by atoms with E-state index in [1.807, 2.05) is 0 Å². The molecule has 1 heterocycles. The summed E-state index contributed by atoms with van der Waals surface area (Å²) in [5.41, 5.74) is 0.681. The van der Waals surface area contributed by atoms with E-state index in [0.717, 1.165) is 31.2 Å². The van der Waals surface area contributed by atoms with Crippen molar-refractivity contribution >= 4 is 11.6 Å². The highest BCUT2D eigenvalue weighted by molar-refractivity contribution is 5.90. The van der Waals surface area contributed by atoms with Crippen LogP contribution in [-0.2, 0) is 0 Å². The number of halogens is 1. The van der Waals surface area contributed by atoms with Crippen LogP contribution in [0.4, 0.5) is 10.1 Å². The average Bonchev–Trinajstić information content (AvgIpc) is 3.15. The van der Waals surface area contributed by atoms with Gasteiger partial charge in [-0.1, -0.05) is 12.8 Å². The molecule has 24 heavy (non-hydrogen) atoms. The minimum absolute atomic E-state index is 0.118. The van der Waals surface area contributed by atoms with E-state index in [4.69, 9.17) is 4.74 Å². The van der Waals surface area contributed by atoms with Gasteiger partial charge in [0.25, 0.3) is 5.69 Å². The maximum atomic E-state index is 14.4. The number of amides is 1. The van der Waals surface area contributed by atoms with Crippen LogP contribution in [0.3, 0.4) is 0 Å². The van der Waals surface area contributed by atoms with E-state index in [9.17, 15) is 14.1 Å². The number of carbonyl (C=O) groups excluding carboxylic acids is 1.